The predicted molar refractivity (Wildman–Crippen MR) is 81.7 cm³/mol. The Morgan fingerprint density at radius 3 is 2.73 bits per heavy atom. The Bertz CT molecular complexity index is 553. The fourth-order valence-corrected chi connectivity index (χ4v) is 5.16. The minimum Gasteiger partial charge on any atom is -0.477 e. The smallest absolute Gasteiger partial charge is 0.352 e. The van der Waals surface area contributed by atoms with Crippen LogP contribution in [-0.2, 0) is 18.8 Å². The maximum atomic E-state index is 12.5. The Hall–Kier alpha value is -1.18. The largest absolute Gasteiger partial charge is 0.477 e. The molecule has 1 amide bonds. The van der Waals surface area contributed by atoms with E-state index >= 15 is 0 Å². The van der Waals surface area contributed by atoms with Gasteiger partial charge in [-0.3, -0.25) is 9.69 Å². The molecule has 0 aromatic rings. The van der Waals surface area contributed by atoms with Crippen LogP contribution in [0.4, 0.5) is 0 Å². The van der Waals surface area contributed by atoms with E-state index in [2.05, 4.69) is 19.6 Å². The number of β-lactam (4-membered cyclic amide) rings is 1. The minimum atomic E-state index is -1.76. The molecule has 4 atom stereocenters. The number of carbonyl (C=O) groups excluding carboxylic acids is 1. The van der Waals surface area contributed by atoms with E-state index < -0.39 is 14.3 Å². The van der Waals surface area contributed by atoms with Crippen LogP contribution < -0.4 is 0 Å². The number of amides is 1. The summed E-state index contributed by atoms with van der Waals surface area (Å²) in [6.07, 6.45) is 1.03. The fourth-order valence-electron chi connectivity index (χ4n) is 3.89. The molecule has 0 saturated carbocycles. The molecular weight excluding hydrogens is 302 g/mol. The van der Waals surface area contributed by atoms with Gasteiger partial charge in [0.15, 0.2) is 8.32 Å². The first-order valence-corrected chi connectivity index (χ1v) is 11.2. The normalized spacial score (nSPS) is 32.5. The van der Waals surface area contributed by atoms with E-state index in [1.807, 2.05) is 6.92 Å². The van der Waals surface area contributed by atoms with E-state index in [9.17, 15) is 14.7 Å². The van der Waals surface area contributed by atoms with Crippen LogP contribution in [-0.4, -0.2) is 55.1 Å². The zero-order valence-electron chi connectivity index (χ0n) is 13.5. The van der Waals surface area contributed by atoms with Gasteiger partial charge in [-0.1, -0.05) is 0 Å². The molecule has 2 saturated heterocycles. The first-order valence-electron chi connectivity index (χ1n) is 7.81. The van der Waals surface area contributed by atoms with E-state index in [1.165, 1.54) is 4.90 Å². The van der Waals surface area contributed by atoms with Crippen LogP contribution in [0.2, 0.25) is 19.6 Å². The predicted octanol–water partition coefficient (Wildman–Crippen LogP) is 1.58. The average Bonchev–Trinajstić information content (AvgIpc) is 2.68. The number of hydrogen-bond donors (Lipinski definition) is 1. The Morgan fingerprint density at radius 1 is 1.45 bits per heavy atom. The summed E-state index contributed by atoms with van der Waals surface area (Å²) in [6.45, 7) is 8.79. The molecule has 0 aromatic heterocycles. The van der Waals surface area contributed by atoms with Crippen molar-refractivity contribution in [1.82, 2.24) is 4.90 Å². The molecule has 6 nitrogen and oxygen atoms in total. The van der Waals surface area contributed by atoms with Crippen molar-refractivity contribution in [1.29, 1.82) is 0 Å². The van der Waals surface area contributed by atoms with Gasteiger partial charge in [0.05, 0.1) is 18.1 Å². The van der Waals surface area contributed by atoms with Gasteiger partial charge in [-0.25, -0.2) is 4.79 Å². The summed E-state index contributed by atoms with van der Waals surface area (Å²) >= 11 is 0. The molecule has 3 rings (SSSR count). The number of carbonyl (C=O) groups is 2. The molecule has 0 radical (unpaired) electrons. The highest BCUT2D eigenvalue weighted by atomic mass is 28.4. The van der Waals surface area contributed by atoms with E-state index in [1.54, 1.807) is 0 Å². The number of rotatable bonds is 4. The van der Waals surface area contributed by atoms with Gasteiger partial charge in [0, 0.05) is 6.61 Å². The van der Waals surface area contributed by atoms with Gasteiger partial charge in [0.1, 0.15) is 11.8 Å². The molecular formula is C15H23NO5Si. The second-order valence-corrected chi connectivity index (χ2v) is 11.7. The number of nitrogens with zero attached hydrogens (tertiary/aromatic N) is 1. The standard InChI is InChI=1S/C15H23NO5Si/c1-8(21-22(2,3)4)10-12-13-9(6-5-7-20-13)11(15(18)19)16(12)14(10)17/h8,10,12-13H,5-7H2,1-4H3,(H,18,19)/t8-,10-,12+,13-/m1/s1. The summed E-state index contributed by atoms with van der Waals surface area (Å²) in [5, 5.41) is 9.47. The molecule has 22 heavy (non-hydrogen) atoms. The molecule has 0 aromatic carbocycles. The van der Waals surface area contributed by atoms with Crippen LogP contribution in [0.25, 0.3) is 0 Å². The molecule has 0 aliphatic carbocycles. The van der Waals surface area contributed by atoms with Gasteiger partial charge in [-0.2, -0.15) is 0 Å². The molecule has 122 valence electrons. The lowest BCUT2D eigenvalue weighted by Crippen LogP contribution is -2.66. The average molecular weight is 325 g/mol. The number of fused-ring (bicyclic) bond motifs is 3. The number of aliphatic carboxylic acids is 1. The zero-order valence-corrected chi connectivity index (χ0v) is 14.5. The monoisotopic (exact) mass is 325 g/mol. The summed E-state index contributed by atoms with van der Waals surface area (Å²) in [7, 11) is -1.76. The molecule has 0 spiro atoms. The zero-order chi connectivity index (χ0) is 16.2. The van der Waals surface area contributed by atoms with Gasteiger partial charge < -0.3 is 14.3 Å². The van der Waals surface area contributed by atoms with Gasteiger partial charge in [-0.05, 0) is 45.0 Å². The van der Waals surface area contributed by atoms with Crippen molar-refractivity contribution >= 4 is 20.2 Å². The van der Waals surface area contributed by atoms with Crippen molar-refractivity contribution in [2.45, 2.75) is 57.7 Å². The Kier molecular flexibility index (Phi) is 3.69. The lowest BCUT2D eigenvalue weighted by atomic mass is 9.80. The molecule has 3 heterocycles. The van der Waals surface area contributed by atoms with E-state index in [0.717, 1.165) is 12.0 Å². The Balaban J connectivity index is 1.87. The Labute approximate surface area is 131 Å². The SMILES string of the molecule is C[C@@H](O[Si](C)(C)C)[C@H]1C(=O)N2C(C(=O)O)=C3CCCO[C@H]3[C@H]12. The number of ether oxygens (including phenoxy) is 1. The van der Waals surface area contributed by atoms with Gasteiger partial charge >= 0.3 is 5.97 Å². The third kappa shape index (κ3) is 2.31. The molecule has 7 heteroatoms. The second-order valence-electron chi connectivity index (χ2n) is 7.23. The summed E-state index contributed by atoms with van der Waals surface area (Å²) < 4.78 is 11.9. The highest BCUT2D eigenvalue weighted by Gasteiger charge is 2.62. The van der Waals surface area contributed by atoms with Crippen LogP contribution in [0, 0.1) is 5.92 Å². The van der Waals surface area contributed by atoms with Crippen LogP contribution in [0.5, 0.6) is 0 Å². The van der Waals surface area contributed by atoms with E-state index in [0.29, 0.717) is 13.0 Å². The number of carboxylic acid groups (broad SMARTS) is 1. The summed E-state index contributed by atoms with van der Waals surface area (Å²) in [5.74, 6) is -1.47. The van der Waals surface area contributed by atoms with Crippen molar-refractivity contribution in [2.24, 2.45) is 5.92 Å². The molecule has 2 fully saturated rings. The van der Waals surface area contributed by atoms with E-state index in [4.69, 9.17) is 9.16 Å². The third-order valence-electron chi connectivity index (χ3n) is 4.52. The highest BCUT2D eigenvalue weighted by Crippen LogP contribution is 2.48. The van der Waals surface area contributed by atoms with Crippen molar-refractivity contribution in [3.63, 3.8) is 0 Å². The molecule has 3 aliphatic heterocycles. The van der Waals surface area contributed by atoms with Gasteiger partial charge in [0.25, 0.3) is 0 Å². The summed E-state index contributed by atoms with van der Waals surface area (Å²) in [6, 6.07) is -0.208. The first-order chi connectivity index (χ1) is 10.2. The maximum Gasteiger partial charge on any atom is 0.352 e. The van der Waals surface area contributed by atoms with Crippen LogP contribution in [0.15, 0.2) is 11.3 Å². The fraction of sp³-hybridized carbons (Fsp3) is 0.733. The number of carboxylic acids is 1. The van der Waals surface area contributed by atoms with Crippen LogP contribution in [0.1, 0.15) is 19.8 Å². The number of hydrogen-bond acceptors (Lipinski definition) is 4. The van der Waals surface area contributed by atoms with Crippen molar-refractivity contribution in [3.8, 4) is 0 Å². The molecule has 0 bridgehead atoms. The van der Waals surface area contributed by atoms with Gasteiger partial charge in [-0.15, -0.1) is 0 Å². The molecule has 0 unspecified atom stereocenters. The highest BCUT2D eigenvalue weighted by molar-refractivity contribution is 6.69. The van der Waals surface area contributed by atoms with Crippen LogP contribution >= 0.6 is 0 Å². The lowest BCUT2D eigenvalue weighted by molar-refractivity contribution is -0.167. The second kappa shape index (κ2) is 5.18. The van der Waals surface area contributed by atoms with Gasteiger partial charge in [0.2, 0.25) is 5.91 Å². The molecule has 3 aliphatic rings. The first kappa shape index (κ1) is 15.7. The Morgan fingerprint density at radius 2 is 2.14 bits per heavy atom. The maximum absolute atomic E-state index is 12.5. The summed E-state index contributed by atoms with van der Waals surface area (Å²) in [5.41, 5.74) is 0.927. The van der Waals surface area contributed by atoms with Crippen molar-refractivity contribution in [2.75, 3.05) is 6.61 Å². The topological polar surface area (TPSA) is 76.1 Å². The lowest BCUT2D eigenvalue weighted by Gasteiger charge is -2.48. The van der Waals surface area contributed by atoms with Crippen molar-refractivity contribution in [3.05, 3.63) is 11.3 Å². The van der Waals surface area contributed by atoms with E-state index in [-0.39, 0.29) is 35.8 Å². The quantitative estimate of drug-likeness (QED) is 0.627. The summed E-state index contributed by atoms with van der Waals surface area (Å²) in [4.78, 5) is 25.5. The van der Waals surface area contributed by atoms with Crippen molar-refractivity contribution < 1.29 is 23.9 Å². The van der Waals surface area contributed by atoms with Crippen LogP contribution in [0.3, 0.4) is 0 Å². The molecule has 1 N–H and O–H groups in total. The minimum absolute atomic E-state index is 0.140. The third-order valence-corrected chi connectivity index (χ3v) is 5.60.